The Morgan fingerprint density at radius 1 is 1.17 bits per heavy atom. The van der Waals surface area contributed by atoms with E-state index in [2.05, 4.69) is 15.6 Å². The molecule has 3 rings (SSSR count). The minimum atomic E-state index is -0.276. The number of hydrogen-bond acceptors (Lipinski definition) is 3. The van der Waals surface area contributed by atoms with E-state index < -0.39 is 0 Å². The van der Waals surface area contributed by atoms with Gasteiger partial charge in [0, 0.05) is 12.7 Å². The zero-order valence-corrected chi connectivity index (χ0v) is 13.0. The Labute approximate surface area is 134 Å². The molecule has 118 valence electrons. The number of methoxy groups -OCH3 is 1. The van der Waals surface area contributed by atoms with Crippen molar-refractivity contribution in [1.82, 2.24) is 14.9 Å². The average Bonchev–Trinajstić information content (AvgIpc) is 2.90. The van der Waals surface area contributed by atoms with E-state index in [1.165, 1.54) is 0 Å². The van der Waals surface area contributed by atoms with E-state index in [0.29, 0.717) is 12.2 Å². The van der Waals surface area contributed by atoms with Crippen LogP contribution in [-0.4, -0.2) is 22.7 Å². The molecular weight excluding hydrogens is 292 g/mol. The molecule has 6 heteroatoms. The van der Waals surface area contributed by atoms with Crippen molar-refractivity contribution < 1.29 is 9.53 Å². The van der Waals surface area contributed by atoms with Crippen LogP contribution in [0.4, 0.5) is 10.5 Å². The first kappa shape index (κ1) is 14.9. The molecule has 1 heterocycles. The van der Waals surface area contributed by atoms with Crippen molar-refractivity contribution >= 4 is 22.8 Å². The number of nitrogens with zero attached hydrogens (tertiary/aromatic N) is 2. The quantitative estimate of drug-likeness (QED) is 0.778. The Balaban J connectivity index is 1.62. The second kappa shape index (κ2) is 6.39. The van der Waals surface area contributed by atoms with Crippen molar-refractivity contribution in [2.75, 3.05) is 12.4 Å². The lowest BCUT2D eigenvalue weighted by Crippen LogP contribution is -2.29. The molecule has 0 atom stereocenters. The van der Waals surface area contributed by atoms with Gasteiger partial charge in [-0.25, -0.2) is 9.78 Å². The minimum Gasteiger partial charge on any atom is -0.497 e. The first-order valence-electron chi connectivity index (χ1n) is 7.26. The molecule has 0 saturated carbocycles. The maximum atomic E-state index is 12.0. The van der Waals surface area contributed by atoms with E-state index in [1.54, 1.807) is 31.4 Å². The van der Waals surface area contributed by atoms with Crippen molar-refractivity contribution in [1.29, 1.82) is 0 Å². The molecule has 0 bridgehead atoms. The number of imidazole rings is 1. The zero-order chi connectivity index (χ0) is 16.2. The summed E-state index contributed by atoms with van der Waals surface area (Å²) in [6.45, 7) is 0.354. The minimum absolute atomic E-state index is 0.276. The number of ether oxygens (including phenoxy) is 1. The van der Waals surface area contributed by atoms with E-state index in [-0.39, 0.29) is 6.03 Å². The van der Waals surface area contributed by atoms with E-state index in [9.17, 15) is 4.79 Å². The van der Waals surface area contributed by atoms with Gasteiger partial charge >= 0.3 is 6.03 Å². The van der Waals surface area contributed by atoms with Gasteiger partial charge < -0.3 is 19.9 Å². The molecule has 1 aromatic heterocycles. The van der Waals surface area contributed by atoms with Crippen LogP contribution in [0.5, 0.6) is 5.75 Å². The van der Waals surface area contributed by atoms with Crippen LogP contribution in [0.2, 0.25) is 0 Å². The summed E-state index contributed by atoms with van der Waals surface area (Å²) in [5, 5.41) is 5.59. The molecule has 0 saturated heterocycles. The number of urea groups is 1. The first-order chi connectivity index (χ1) is 11.2. The number of carbonyl (C=O) groups excluding carboxylic acids is 1. The summed E-state index contributed by atoms with van der Waals surface area (Å²) >= 11 is 0. The highest BCUT2D eigenvalue weighted by Gasteiger charge is 2.08. The maximum Gasteiger partial charge on any atom is 0.319 e. The van der Waals surface area contributed by atoms with Gasteiger partial charge in [-0.3, -0.25) is 0 Å². The van der Waals surface area contributed by atoms with Crippen molar-refractivity contribution in [3.8, 4) is 5.75 Å². The Kier molecular flexibility index (Phi) is 4.14. The topological polar surface area (TPSA) is 68.2 Å². The second-order valence-electron chi connectivity index (χ2n) is 5.11. The molecule has 0 aliphatic heterocycles. The molecular formula is C17H18N4O2. The molecule has 0 radical (unpaired) electrons. The number of aromatic nitrogens is 2. The lowest BCUT2D eigenvalue weighted by atomic mass is 10.3. The van der Waals surface area contributed by atoms with Crippen molar-refractivity contribution in [3.05, 3.63) is 54.4 Å². The number of nitrogens with one attached hydrogen (secondary N) is 2. The third kappa shape index (κ3) is 3.26. The third-order valence-electron chi connectivity index (χ3n) is 3.63. The number of rotatable bonds is 4. The number of anilines is 1. The van der Waals surface area contributed by atoms with Gasteiger partial charge in [0.25, 0.3) is 0 Å². The van der Waals surface area contributed by atoms with Crippen LogP contribution in [0.15, 0.2) is 48.5 Å². The maximum absolute atomic E-state index is 12.0. The molecule has 2 amide bonds. The van der Waals surface area contributed by atoms with Crippen LogP contribution in [-0.2, 0) is 13.6 Å². The van der Waals surface area contributed by atoms with Gasteiger partial charge in [-0.15, -0.1) is 0 Å². The molecule has 0 aliphatic rings. The molecule has 23 heavy (non-hydrogen) atoms. The Hall–Kier alpha value is -3.02. The molecule has 6 nitrogen and oxygen atoms in total. The van der Waals surface area contributed by atoms with Crippen LogP contribution in [0.1, 0.15) is 5.82 Å². The molecule has 0 unspecified atom stereocenters. The Morgan fingerprint density at radius 3 is 2.61 bits per heavy atom. The van der Waals surface area contributed by atoms with Crippen LogP contribution >= 0.6 is 0 Å². The summed E-state index contributed by atoms with van der Waals surface area (Å²) in [5.74, 6) is 1.55. The van der Waals surface area contributed by atoms with E-state index in [0.717, 1.165) is 22.6 Å². The van der Waals surface area contributed by atoms with Crippen molar-refractivity contribution in [3.63, 3.8) is 0 Å². The highest BCUT2D eigenvalue weighted by Crippen LogP contribution is 2.15. The number of para-hydroxylation sites is 2. The largest absolute Gasteiger partial charge is 0.497 e. The fourth-order valence-corrected chi connectivity index (χ4v) is 2.36. The van der Waals surface area contributed by atoms with Crippen LogP contribution in [0.3, 0.4) is 0 Å². The van der Waals surface area contributed by atoms with Crippen LogP contribution in [0.25, 0.3) is 11.0 Å². The highest BCUT2D eigenvalue weighted by molar-refractivity contribution is 5.89. The van der Waals surface area contributed by atoms with Crippen LogP contribution in [0, 0.1) is 0 Å². The first-order valence-corrected chi connectivity index (χ1v) is 7.26. The number of amides is 2. The summed E-state index contributed by atoms with van der Waals surface area (Å²) in [6.07, 6.45) is 0. The molecule has 0 aliphatic carbocycles. The highest BCUT2D eigenvalue weighted by atomic mass is 16.5. The lowest BCUT2D eigenvalue weighted by Gasteiger charge is -2.08. The van der Waals surface area contributed by atoms with Gasteiger partial charge in [-0.2, -0.15) is 0 Å². The number of aryl methyl sites for hydroxylation is 1. The molecule has 2 aromatic carbocycles. The Bertz CT molecular complexity index is 824. The number of benzene rings is 2. The van der Waals surface area contributed by atoms with Gasteiger partial charge in [0.1, 0.15) is 11.6 Å². The van der Waals surface area contributed by atoms with Crippen LogP contribution < -0.4 is 15.4 Å². The summed E-state index contributed by atoms with van der Waals surface area (Å²) in [6, 6.07) is 14.8. The van der Waals surface area contributed by atoms with Gasteiger partial charge in [0.15, 0.2) is 0 Å². The lowest BCUT2D eigenvalue weighted by molar-refractivity contribution is 0.251. The van der Waals surface area contributed by atoms with Crippen molar-refractivity contribution in [2.24, 2.45) is 7.05 Å². The molecule has 0 fully saturated rings. The van der Waals surface area contributed by atoms with Gasteiger partial charge in [0.2, 0.25) is 0 Å². The smallest absolute Gasteiger partial charge is 0.319 e. The third-order valence-corrected chi connectivity index (χ3v) is 3.63. The van der Waals surface area contributed by atoms with E-state index in [1.807, 2.05) is 35.9 Å². The SMILES string of the molecule is COc1ccc(NC(=O)NCc2nc3ccccc3n2C)cc1. The standard InChI is InChI=1S/C17H18N4O2/c1-21-15-6-4-3-5-14(15)20-16(21)11-18-17(22)19-12-7-9-13(23-2)10-8-12/h3-10H,11H2,1-2H3,(H2,18,19,22). The summed E-state index contributed by atoms with van der Waals surface area (Å²) in [4.78, 5) is 16.5. The molecule has 3 aromatic rings. The predicted octanol–water partition coefficient (Wildman–Crippen LogP) is 2.90. The second-order valence-corrected chi connectivity index (χ2v) is 5.11. The number of hydrogen-bond donors (Lipinski definition) is 2. The van der Waals surface area contributed by atoms with E-state index in [4.69, 9.17) is 4.74 Å². The number of fused-ring (bicyclic) bond motifs is 1. The predicted molar refractivity (Wildman–Crippen MR) is 89.6 cm³/mol. The molecule has 2 N–H and O–H groups in total. The monoisotopic (exact) mass is 310 g/mol. The van der Waals surface area contributed by atoms with Gasteiger partial charge in [-0.1, -0.05) is 12.1 Å². The normalized spacial score (nSPS) is 10.5. The summed E-state index contributed by atoms with van der Waals surface area (Å²) in [7, 11) is 3.54. The van der Waals surface area contributed by atoms with Gasteiger partial charge in [0.05, 0.1) is 24.7 Å². The summed E-state index contributed by atoms with van der Waals surface area (Å²) in [5.41, 5.74) is 2.66. The fourth-order valence-electron chi connectivity index (χ4n) is 2.36. The Morgan fingerprint density at radius 2 is 1.91 bits per heavy atom. The van der Waals surface area contributed by atoms with Crippen molar-refractivity contribution in [2.45, 2.75) is 6.54 Å². The van der Waals surface area contributed by atoms with Gasteiger partial charge in [-0.05, 0) is 36.4 Å². The number of carbonyl (C=O) groups is 1. The average molecular weight is 310 g/mol. The van der Waals surface area contributed by atoms with E-state index >= 15 is 0 Å². The fraction of sp³-hybridized carbons (Fsp3) is 0.176. The summed E-state index contributed by atoms with van der Waals surface area (Å²) < 4.78 is 7.06. The zero-order valence-electron chi connectivity index (χ0n) is 13.0. The molecule has 0 spiro atoms.